The highest BCUT2D eigenvalue weighted by molar-refractivity contribution is 5.69. The molecule has 0 aliphatic heterocycles. The van der Waals surface area contributed by atoms with Crippen LogP contribution in [0.15, 0.2) is 48.5 Å². The van der Waals surface area contributed by atoms with Gasteiger partial charge in [-0.05, 0) is 36.8 Å². The highest BCUT2D eigenvalue weighted by atomic mass is 16.5. The van der Waals surface area contributed by atoms with Gasteiger partial charge in [0.15, 0.2) is 0 Å². The molecular weight excluding hydrogens is 248 g/mol. The number of nitrogens with zero attached hydrogens (tertiary/aromatic N) is 1. The second kappa shape index (κ2) is 6.85. The van der Waals surface area contributed by atoms with Crippen molar-refractivity contribution < 1.29 is 4.74 Å². The third kappa shape index (κ3) is 3.67. The molecule has 3 nitrogen and oxygen atoms in total. The fourth-order valence-corrected chi connectivity index (χ4v) is 2.08. The van der Waals surface area contributed by atoms with Gasteiger partial charge in [-0.2, -0.15) is 0 Å². The van der Waals surface area contributed by atoms with Crippen LogP contribution in [0.5, 0.6) is 5.75 Å². The first-order valence-corrected chi connectivity index (χ1v) is 6.92. The van der Waals surface area contributed by atoms with Crippen LogP contribution in [-0.4, -0.2) is 20.7 Å². The SMILES string of the molecule is CCOc1ccc(CNc2ccccc2N(C)C)cc1. The van der Waals surface area contributed by atoms with Gasteiger partial charge in [0.05, 0.1) is 18.0 Å². The lowest BCUT2D eigenvalue weighted by Gasteiger charge is -2.18. The van der Waals surface area contributed by atoms with E-state index in [1.165, 1.54) is 11.3 Å². The zero-order valence-electron chi connectivity index (χ0n) is 12.4. The van der Waals surface area contributed by atoms with Crippen LogP contribution in [0.1, 0.15) is 12.5 Å². The molecule has 0 fully saturated rings. The summed E-state index contributed by atoms with van der Waals surface area (Å²) >= 11 is 0. The molecule has 2 aromatic rings. The van der Waals surface area contributed by atoms with Crippen LogP contribution in [-0.2, 0) is 6.54 Å². The Kier molecular flexibility index (Phi) is 4.88. The first-order valence-electron chi connectivity index (χ1n) is 6.92. The van der Waals surface area contributed by atoms with Crippen LogP contribution in [0, 0.1) is 0 Å². The monoisotopic (exact) mass is 270 g/mol. The Morgan fingerprint density at radius 1 is 1.00 bits per heavy atom. The van der Waals surface area contributed by atoms with Crippen LogP contribution in [0.25, 0.3) is 0 Å². The molecular formula is C17H22N2O. The summed E-state index contributed by atoms with van der Waals surface area (Å²) in [6.45, 7) is 3.50. The van der Waals surface area contributed by atoms with E-state index in [9.17, 15) is 0 Å². The summed E-state index contributed by atoms with van der Waals surface area (Å²) in [5.41, 5.74) is 3.58. The molecule has 0 aliphatic carbocycles. The molecule has 0 bridgehead atoms. The van der Waals surface area contributed by atoms with E-state index in [4.69, 9.17) is 4.74 Å². The molecule has 20 heavy (non-hydrogen) atoms. The second-order valence-corrected chi connectivity index (χ2v) is 4.84. The number of anilines is 2. The lowest BCUT2D eigenvalue weighted by Crippen LogP contribution is -2.12. The van der Waals surface area contributed by atoms with Gasteiger partial charge >= 0.3 is 0 Å². The second-order valence-electron chi connectivity index (χ2n) is 4.84. The van der Waals surface area contributed by atoms with Crippen molar-refractivity contribution in [1.29, 1.82) is 0 Å². The number of nitrogens with one attached hydrogen (secondary N) is 1. The van der Waals surface area contributed by atoms with Crippen molar-refractivity contribution in [3.63, 3.8) is 0 Å². The Bertz CT molecular complexity index is 535. The van der Waals surface area contributed by atoms with Crippen LogP contribution in [0.3, 0.4) is 0 Å². The maximum absolute atomic E-state index is 5.45. The van der Waals surface area contributed by atoms with Crippen LogP contribution in [0.4, 0.5) is 11.4 Å². The topological polar surface area (TPSA) is 24.5 Å². The summed E-state index contributed by atoms with van der Waals surface area (Å²) in [5.74, 6) is 0.921. The van der Waals surface area contributed by atoms with E-state index < -0.39 is 0 Å². The number of ether oxygens (including phenoxy) is 1. The molecule has 0 atom stereocenters. The number of hydrogen-bond donors (Lipinski definition) is 1. The first-order chi connectivity index (χ1) is 9.70. The number of benzene rings is 2. The van der Waals surface area contributed by atoms with Gasteiger partial charge in [0.1, 0.15) is 5.75 Å². The molecule has 1 N–H and O–H groups in total. The smallest absolute Gasteiger partial charge is 0.119 e. The third-order valence-corrected chi connectivity index (χ3v) is 3.10. The van der Waals surface area contributed by atoms with E-state index in [1.807, 2.05) is 25.1 Å². The lowest BCUT2D eigenvalue weighted by atomic mass is 10.2. The van der Waals surface area contributed by atoms with Gasteiger partial charge < -0.3 is 15.0 Å². The molecule has 0 heterocycles. The molecule has 0 saturated carbocycles. The summed E-state index contributed by atoms with van der Waals surface area (Å²) < 4.78 is 5.45. The van der Waals surface area contributed by atoms with Gasteiger partial charge in [0.2, 0.25) is 0 Å². The van der Waals surface area contributed by atoms with Gasteiger partial charge in [0, 0.05) is 20.6 Å². The summed E-state index contributed by atoms with van der Waals surface area (Å²) in [7, 11) is 4.11. The van der Waals surface area contributed by atoms with E-state index in [2.05, 4.69) is 54.6 Å². The summed E-state index contributed by atoms with van der Waals surface area (Å²) in [6, 6.07) is 16.5. The Hall–Kier alpha value is -2.16. The van der Waals surface area contributed by atoms with Crippen LogP contribution < -0.4 is 15.0 Å². The summed E-state index contributed by atoms with van der Waals surface area (Å²) in [4.78, 5) is 2.11. The van der Waals surface area contributed by atoms with Gasteiger partial charge in [-0.15, -0.1) is 0 Å². The van der Waals surface area contributed by atoms with Gasteiger partial charge in [-0.1, -0.05) is 24.3 Å². The van der Waals surface area contributed by atoms with E-state index >= 15 is 0 Å². The molecule has 0 aromatic heterocycles. The molecule has 106 valence electrons. The Labute approximate surface area is 121 Å². The fraction of sp³-hybridized carbons (Fsp3) is 0.294. The molecule has 0 unspecified atom stereocenters. The minimum absolute atomic E-state index is 0.702. The average molecular weight is 270 g/mol. The highest BCUT2D eigenvalue weighted by Crippen LogP contribution is 2.24. The van der Waals surface area contributed by atoms with Crippen LogP contribution >= 0.6 is 0 Å². The van der Waals surface area contributed by atoms with Crippen molar-refractivity contribution in [3.05, 3.63) is 54.1 Å². The molecule has 0 saturated heterocycles. The Balaban J connectivity index is 2.01. The zero-order chi connectivity index (χ0) is 14.4. The van der Waals surface area contributed by atoms with Crippen LogP contribution in [0.2, 0.25) is 0 Å². The van der Waals surface area contributed by atoms with E-state index in [0.717, 1.165) is 18.0 Å². The number of rotatable bonds is 6. The maximum atomic E-state index is 5.45. The van der Waals surface area contributed by atoms with Crippen molar-refractivity contribution in [2.45, 2.75) is 13.5 Å². The van der Waals surface area contributed by atoms with Crippen molar-refractivity contribution >= 4 is 11.4 Å². The standard InChI is InChI=1S/C17H22N2O/c1-4-20-15-11-9-14(10-12-15)13-18-16-7-5-6-8-17(16)19(2)3/h5-12,18H,4,13H2,1-3H3. The normalized spacial score (nSPS) is 10.2. The molecule has 2 rings (SSSR count). The zero-order valence-corrected chi connectivity index (χ0v) is 12.4. The molecule has 0 radical (unpaired) electrons. The minimum Gasteiger partial charge on any atom is -0.494 e. The van der Waals surface area contributed by atoms with E-state index in [0.29, 0.717) is 6.61 Å². The summed E-state index contributed by atoms with van der Waals surface area (Å²) in [6.07, 6.45) is 0. The predicted octanol–water partition coefficient (Wildman–Crippen LogP) is 3.76. The molecule has 0 aliphatic rings. The maximum Gasteiger partial charge on any atom is 0.119 e. The van der Waals surface area contributed by atoms with Gasteiger partial charge in [-0.3, -0.25) is 0 Å². The molecule has 0 amide bonds. The molecule has 2 aromatic carbocycles. The van der Waals surface area contributed by atoms with Crippen molar-refractivity contribution in [1.82, 2.24) is 0 Å². The van der Waals surface area contributed by atoms with Crippen molar-refractivity contribution in [2.75, 3.05) is 30.9 Å². The van der Waals surface area contributed by atoms with E-state index in [-0.39, 0.29) is 0 Å². The quantitative estimate of drug-likeness (QED) is 0.865. The largest absolute Gasteiger partial charge is 0.494 e. The highest BCUT2D eigenvalue weighted by Gasteiger charge is 2.03. The van der Waals surface area contributed by atoms with Gasteiger partial charge in [-0.25, -0.2) is 0 Å². The minimum atomic E-state index is 0.702. The van der Waals surface area contributed by atoms with Gasteiger partial charge in [0.25, 0.3) is 0 Å². The Morgan fingerprint density at radius 3 is 2.35 bits per heavy atom. The van der Waals surface area contributed by atoms with Crippen molar-refractivity contribution in [2.24, 2.45) is 0 Å². The third-order valence-electron chi connectivity index (χ3n) is 3.10. The molecule has 0 spiro atoms. The Morgan fingerprint density at radius 2 is 1.70 bits per heavy atom. The van der Waals surface area contributed by atoms with E-state index in [1.54, 1.807) is 0 Å². The first kappa shape index (κ1) is 14.3. The summed E-state index contributed by atoms with van der Waals surface area (Å²) in [5, 5.41) is 3.48. The average Bonchev–Trinajstić information content (AvgIpc) is 2.47. The number of hydrogen-bond acceptors (Lipinski definition) is 3. The van der Waals surface area contributed by atoms with Crippen molar-refractivity contribution in [3.8, 4) is 5.75 Å². The number of para-hydroxylation sites is 2. The molecule has 3 heteroatoms. The predicted molar refractivity (Wildman–Crippen MR) is 85.7 cm³/mol. The fourth-order valence-electron chi connectivity index (χ4n) is 2.08. The lowest BCUT2D eigenvalue weighted by molar-refractivity contribution is 0.340.